The average molecular weight is 352 g/mol. The monoisotopic (exact) mass is 351 g/mol. The fourth-order valence-corrected chi connectivity index (χ4v) is 2.24. The molecule has 2 aromatic rings. The van der Waals surface area contributed by atoms with Crippen molar-refractivity contribution in [3.63, 3.8) is 0 Å². The van der Waals surface area contributed by atoms with Gasteiger partial charge in [-0.05, 0) is 17.7 Å². The lowest BCUT2D eigenvalue weighted by atomic mass is 10.2. The highest BCUT2D eigenvalue weighted by atomic mass is 35.5. The smallest absolute Gasteiger partial charge is 0.408 e. The van der Waals surface area contributed by atoms with E-state index in [1.54, 1.807) is 0 Å². The SMILES string of the molecule is O=C(NCC#Cc1c(Cl)cc(F)cc1Cl)OCc1ccccc1. The van der Waals surface area contributed by atoms with Crippen LogP contribution in [0.25, 0.3) is 0 Å². The molecule has 0 radical (unpaired) electrons. The third-order valence-corrected chi connectivity index (χ3v) is 3.35. The van der Waals surface area contributed by atoms with Crippen LogP contribution in [0.4, 0.5) is 9.18 Å². The summed E-state index contributed by atoms with van der Waals surface area (Å²) in [5, 5.41) is 2.72. The molecular weight excluding hydrogens is 340 g/mol. The predicted octanol–water partition coefficient (Wildman–Crippen LogP) is 4.41. The Morgan fingerprint density at radius 3 is 2.48 bits per heavy atom. The van der Waals surface area contributed by atoms with Crippen LogP contribution in [0, 0.1) is 17.7 Å². The summed E-state index contributed by atoms with van der Waals surface area (Å²) in [6.07, 6.45) is -0.584. The van der Waals surface area contributed by atoms with E-state index in [9.17, 15) is 9.18 Å². The van der Waals surface area contributed by atoms with Gasteiger partial charge in [0.1, 0.15) is 12.4 Å². The second kappa shape index (κ2) is 8.42. The fraction of sp³-hybridized carbons (Fsp3) is 0.118. The van der Waals surface area contributed by atoms with E-state index in [2.05, 4.69) is 17.2 Å². The highest BCUT2D eigenvalue weighted by molar-refractivity contribution is 6.36. The summed E-state index contributed by atoms with van der Waals surface area (Å²) >= 11 is 11.7. The van der Waals surface area contributed by atoms with Gasteiger partial charge in [-0.3, -0.25) is 0 Å². The van der Waals surface area contributed by atoms with Crippen LogP contribution in [0.1, 0.15) is 11.1 Å². The number of ether oxygens (including phenoxy) is 1. The number of alkyl carbamates (subject to hydrolysis) is 1. The summed E-state index contributed by atoms with van der Waals surface area (Å²) in [6, 6.07) is 11.6. The molecule has 0 fully saturated rings. The first-order valence-electron chi connectivity index (χ1n) is 6.64. The van der Waals surface area contributed by atoms with Gasteiger partial charge in [0.05, 0.1) is 22.2 Å². The maximum atomic E-state index is 13.0. The quantitative estimate of drug-likeness (QED) is 0.831. The van der Waals surface area contributed by atoms with E-state index in [-0.39, 0.29) is 23.2 Å². The Balaban J connectivity index is 1.83. The molecule has 0 aliphatic heterocycles. The third kappa shape index (κ3) is 5.48. The lowest BCUT2D eigenvalue weighted by molar-refractivity contribution is 0.141. The van der Waals surface area contributed by atoms with Gasteiger partial charge in [-0.2, -0.15) is 0 Å². The molecule has 0 aliphatic rings. The van der Waals surface area contributed by atoms with Crippen molar-refractivity contribution in [2.75, 3.05) is 6.54 Å². The molecule has 2 rings (SSSR count). The highest BCUT2D eigenvalue weighted by Gasteiger charge is 2.06. The second-order valence-electron chi connectivity index (χ2n) is 4.46. The largest absolute Gasteiger partial charge is 0.445 e. The summed E-state index contributed by atoms with van der Waals surface area (Å²) < 4.78 is 18.1. The molecule has 0 aromatic heterocycles. The Kier molecular flexibility index (Phi) is 6.28. The van der Waals surface area contributed by atoms with Crippen LogP contribution < -0.4 is 5.32 Å². The number of hydrogen-bond acceptors (Lipinski definition) is 2. The van der Waals surface area contributed by atoms with Crippen molar-refractivity contribution in [3.8, 4) is 11.8 Å². The van der Waals surface area contributed by atoms with Crippen molar-refractivity contribution in [2.45, 2.75) is 6.61 Å². The Bertz CT molecular complexity index is 731. The molecule has 2 aromatic carbocycles. The Morgan fingerprint density at radius 1 is 1.17 bits per heavy atom. The Morgan fingerprint density at radius 2 is 1.83 bits per heavy atom. The highest BCUT2D eigenvalue weighted by Crippen LogP contribution is 2.24. The zero-order chi connectivity index (χ0) is 16.7. The zero-order valence-electron chi connectivity index (χ0n) is 11.9. The van der Waals surface area contributed by atoms with E-state index in [1.165, 1.54) is 0 Å². The fourth-order valence-electron chi connectivity index (χ4n) is 1.68. The maximum Gasteiger partial charge on any atom is 0.408 e. The maximum absolute atomic E-state index is 13.0. The predicted molar refractivity (Wildman–Crippen MR) is 87.9 cm³/mol. The van der Waals surface area contributed by atoms with Gasteiger partial charge in [0.2, 0.25) is 0 Å². The van der Waals surface area contributed by atoms with Gasteiger partial charge >= 0.3 is 6.09 Å². The van der Waals surface area contributed by atoms with Crippen molar-refractivity contribution in [3.05, 3.63) is 69.5 Å². The number of carbonyl (C=O) groups excluding carboxylic acids is 1. The molecule has 118 valence electrons. The number of amides is 1. The molecular formula is C17H12Cl2FNO2. The molecule has 0 saturated carbocycles. The van der Waals surface area contributed by atoms with Crippen LogP contribution >= 0.6 is 23.2 Å². The number of halogens is 3. The molecule has 0 unspecified atom stereocenters. The summed E-state index contributed by atoms with van der Waals surface area (Å²) in [6.45, 7) is 0.230. The van der Waals surface area contributed by atoms with Crippen molar-refractivity contribution >= 4 is 29.3 Å². The molecule has 0 heterocycles. The van der Waals surface area contributed by atoms with Crippen molar-refractivity contribution in [1.82, 2.24) is 5.32 Å². The van der Waals surface area contributed by atoms with Crippen molar-refractivity contribution in [1.29, 1.82) is 0 Å². The minimum Gasteiger partial charge on any atom is -0.445 e. The first-order chi connectivity index (χ1) is 11.1. The van der Waals surface area contributed by atoms with Gasteiger partial charge in [0, 0.05) is 0 Å². The number of rotatable bonds is 3. The minimum absolute atomic E-state index is 0.0532. The van der Waals surface area contributed by atoms with Gasteiger partial charge in [-0.15, -0.1) is 0 Å². The lowest BCUT2D eigenvalue weighted by Crippen LogP contribution is -2.24. The van der Waals surface area contributed by atoms with E-state index in [0.29, 0.717) is 5.56 Å². The lowest BCUT2D eigenvalue weighted by Gasteiger charge is -2.04. The zero-order valence-corrected chi connectivity index (χ0v) is 13.4. The number of benzene rings is 2. The van der Waals surface area contributed by atoms with Crippen LogP contribution in [0.15, 0.2) is 42.5 Å². The summed E-state index contributed by atoms with van der Waals surface area (Å²) in [5.41, 5.74) is 1.20. The normalized spacial score (nSPS) is 9.70. The van der Waals surface area contributed by atoms with Crippen LogP contribution in [0.3, 0.4) is 0 Å². The van der Waals surface area contributed by atoms with E-state index >= 15 is 0 Å². The number of nitrogens with one attached hydrogen (secondary N) is 1. The molecule has 0 bridgehead atoms. The molecule has 0 spiro atoms. The minimum atomic E-state index is -0.584. The summed E-state index contributed by atoms with van der Waals surface area (Å²) in [5.74, 6) is 4.83. The van der Waals surface area contributed by atoms with E-state index in [0.717, 1.165) is 17.7 Å². The molecule has 6 heteroatoms. The van der Waals surface area contributed by atoms with Gasteiger partial charge in [0.25, 0.3) is 0 Å². The molecule has 23 heavy (non-hydrogen) atoms. The van der Waals surface area contributed by atoms with Gasteiger partial charge in [0.15, 0.2) is 0 Å². The van der Waals surface area contributed by atoms with Crippen molar-refractivity contribution < 1.29 is 13.9 Å². The number of hydrogen-bond donors (Lipinski definition) is 1. The first kappa shape index (κ1) is 17.1. The Labute approximate surface area is 143 Å². The first-order valence-corrected chi connectivity index (χ1v) is 7.40. The van der Waals surface area contributed by atoms with Crippen molar-refractivity contribution in [2.24, 2.45) is 0 Å². The number of carbonyl (C=O) groups is 1. The molecule has 1 amide bonds. The van der Waals surface area contributed by atoms with E-state index < -0.39 is 11.9 Å². The van der Waals surface area contributed by atoms with Crippen LogP contribution in [0.2, 0.25) is 10.0 Å². The third-order valence-electron chi connectivity index (χ3n) is 2.75. The van der Waals surface area contributed by atoms with Crippen LogP contribution in [-0.2, 0) is 11.3 Å². The molecule has 0 aliphatic carbocycles. The van der Waals surface area contributed by atoms with Gasteiger partial charge < -0.3 is 10.1 Å². The topological polar surface area (TPSA) is 38.3 Å². The van der Waals surface area contributed by atoms with Gasteiger partial charge in [-0.1, -0.05) is 65.4 Å². The molecule has 3 nitrogen and oxygen atoms in total. The molecule has 0 atom stereocenters. The molecule has 0 saturated heterocycles. The van der Waals surface area contributed by atoms with Crippen LogP contribution in [0.5, 0.6) is 0 Å². The second-order valence-corrected chi connectivity index (χ2v) is 5.28. The van der Waals surface area contributed by atoms with E-state index in [1.807, 2.05) is 30.3 Å². The van der Waals surface area contributed by atoms with Crippen LogP contribution in [-0.4, -0.2) is 12.6 Å². The average Bonchev–Trinajstić information content (AvgIpc) is 2.52. The standard InChI is InChI=1S/C17H12Cl2FNO2/c18-15-9-13(20)10-16(19)14(15)7-4-8-21-17(22)23-11-12-5-2-1-3-6-12/h1-3,5-6,9-10H,8,11H2,(H,21,22). The summed E-state index contributed by atoms with van der Waals surface area (Å²) in [4.78, 5) is 11.5. The Hall–Kier alpha value is -2.22. The molecule has 1 N–H and O–H groups in total. The van der Waals surface area contributed by atoms with Gasteiger partial charge in [-0.25, -0.2) is 9.18 Å². The van der Waals surface area contributed by atoms with E-state index in [4.69, 9.17) is 27.9 Å². The summed E-state index contributed by atoms with van der Waals surface area (Å²) in [7, 11) is 0.